The molecule has 0 unspecified atom stereocenters. The Morgan fingerprint density at radius 3 is 2.22 bits per heavy atom. The first-order valence-corrected chi connectivity index (χ1v) is 11.0. The molecular formula is C24H27ClN2O5. The molecular weight excluding hydrogens is 432 g/mol. The minimum Gasteiger partial charge on any atom is -0.478 e. The number of allylic oxidation sites excluding steroid dienone is 2. The number of nitrogens with zero attached hydrogens (tertiary/aromatic N) is 2. The van der Waals surface area contributed by atoms with Gasteiger partial charge in [-0.05, 0) is 44.2 Å². The fourth-order valence-corrected chi connectivity index (χ4v) is 5.82. The van der Waals surface area contributed by atoms with Crippen molar-refractivity contribution in [3.05, 3.63) is 56.9 Å². The second-order valence-corrected chi connectivity index (χ2v) is 8.65. The van der Waals surface area contributed by atoms with Crippen LogP contribution in [0.15, 0.2) is 40.7 Å². The van der Waals surface area contributed by atoms with Crippen molar-refractivity contribution in [2.24, 2.45) is 5.92 Å². The number of carbonyl (C=O) groups is 2. The van der Waals surface area contributed by atoms with Crippen LogP contribution in [0.25, 0.3) is 0 Å². The van der Waals surface area contributed by atoms with E-state index in [1.807, 2.05) is 0 Å². The first-order chi connectivity index (χ1) is 15.2. The van der Waals surface area contributed by atoms with Crippen LogP contribution in [0, 0.1) is 17.2 Å². The summed E-state index contributed by atoms with van der Waals surface area (Å²) in [6.45, 7) is 4.00. The van der Waals surface area contributed by atoms with E-state index in [2.05, 4.69) is 6.07 Å². The lowest BCUT2D eigenvalue weighted by atomic mass is 9.57. The molecule has 1 aliphatic carbocycles. The molecule has 32 heavy (non-hydrogen) atoms. The van der Waals surface area contributed by atoms with Gasteiger partial charge in [0.25, 0.3) is 0 Å². The molecule has 8 heteroatoms. The molecule has 1 aromatic rings. The van der Waals surface area contributed by atoms with E-state index in [1.54, 1.807) is 36.9 Å². The van der Waals surface area contributed by atoms with Gasteiger partial charge in [-0.1, -0.05) is 36.6 Å². The van der Waals surface area contributed by atoms with Crippen molar-refractivity contribution in [2.45, 2.75) is 44.9 Å². The number of methoxy groups -OCH3 is 1. The van der Waals surface area contributed by atoms with Crippen LogP contribution >= 0.6 is 11.6 Å². The molecule has 0 radical (unpaired) electrons. The van der Waals surface area contributed by atoms with Gasteiger partial charge in [0.05, 0.1) is 33.8 Å². The number of benzene rings is 1. The zero-order valence-electron chi connectivity index (χ0n) is 18.4. The third-order valence-electron chi connectivity index (χ3n) is 6.79. The standard InChI is InChI=1S/C24H27ClN2O5/c1-14-20(22(28)29)24(16-7-4-5-8-16,18-9-6-10-19(25)17(18)13-26)21(23(30)31)15(2)27(14)11-12-32-3/h6,9-10,16H,4-5,7-8,11-12H2,1-3H3,(H,28,29)(H,30,31). The van der Waals surface area contributed by atoms with E-state index < -0.39 is 17.4 Å². The number of halogens is 1. The minimum absolute atomic E-state index is 0.0118. The Balaban J connectivity index is 2.52. The van der Waals surface area contributed by atoms with Gasteiger partial charge in [-0.25, -0.2) is 9.59 Å². The Labute approximate surface area is 192 Å². The van der Waals surface area contributed by atoms with Crippen LogP contribution in [-0.4, -0.2) is 47.3 Å². The van der Waals surface area contributed by atoms with E-state index in [1.165, 1.54) is 7.11 Å². The number of hydrogen-bond donors (Lipinski definition) is 2. The number of aliphatic carboxylic acids is 2. The van der Waals surface area contributed by atoms with E-state index >= 15 is 0 Å². The smallest absolute Gasteiger partial charge is 0.334 e. The van der Waals surface area contributed by atoms with Crippen LogP contribution in [0.5, 0.6) is 0 Å². The maximum atomic E-state index is 12.8. The molecule has 0 atom stereocenters. The van der Waals surface area contributed by atoms with Crippen LogP contribution in [0.2, 0.25) is 5.02 Å². The number of carboxylic acids is 2. The average molecular weight is 459 g/mol. The third kappa shape index (κ3) is 3.58. The molecule has 0 saturated heterocycles. The lowest BCUT2D eigenvalue weighted by molar-refractivity contribution is -0.135. The Bertz CT molecular complexity index is 1010. The maximum absolute atomic E-state index is 12.8. The average Bonchev–Trinajstić information content (AvgIpc) is 3.27. The van der Waals surface area contributed by atoms with Gasteiger partial charge < -0.3 is 19.8 Å². The van der Waals surface area contributed by atoms with Crippen molar-refractivity contribution >= 4 is 23.5 Å². The number of nitriles is 1. The summed E-state index contributed by atoms with van der Waals surface area (Å²) in [5.74, 6) is -2.70. The van der Waals surface area contributed by atoms with Gasteiger partial charge in [-0.3, -0.25) is 0 Å². The summed E-state index contributed by atoms with van der Waals surface area (Å²) in [6, 6.07) is 6.97. The summed E-state index contributed by atoms with van der Waals surface area (Å²) >= 11 is 6.37. The molecule has 170 valence electrons. The molecule has 3 rings (SSSR count). The Hall–Kier alpha value is -2.82. The number of carboxylic acid groups (broad SMARTS) is 2. The van der Waals surface area contributed by atoms with Crippen LogP contribution < -0.4 is 0 Å². The van der Waals surface area contributed by atoms with Crippen molar-refractivity contribution in [1.82, 2.24) is 4.90 Å². The Kier molecular flexibility index (Phi) is 6.97. The molecule has 0 spiro atoms. The predicted octanol–water partition coefficient (Wildman–Crippen LogP) is 4.32. The molecule has 2 aliphatic rings. The van der Waals surface area contributed by atoms with Gasteiger partial charge in [-0.2, -0.15) is 5.26 Å². The molecule has 0 amide bonds. The predicted molar refractivity (Wildman–Crippen MR) is 119 cm³/mol. The lowest BCUT2D eigenvalue weighted by Crippen LogP contribution is -2.50. The zero-order chi connectivity index (χ0) is 23.6. The fourth-order valence-electron chi connectivity index (χ4n) is 5.60. The summed E-state index contributed by atoms with van der Waals surface area (Å²) in [5.41, 5.74) is -0.157. The topological polar surface area (TPSA) is 111 Å². The van der Waals surface area contributed by atoms with Gasteiger partial charge in [0.2, 0.25) is 0 Å². The highest BCUT2D eigenvalue weighted by molar-refractivity contribution is 6.31. The molecule has 0 bridgehead atoms. The number of ether oxygens (including phenoxy) is 1. The zero-order valence-corrected chi connectivity index (χ0v) is 19.2. The molecule has 1 saturated carbocycles. The second-order valence-electron chi connectivity index (χ2n) is 8.24. The summed E-state index contributed by atoms with van der Waals surface area (Å²) < 4.78 is 5.18. The first kappa shape index (κ1) is 23.8. The highest BCUT2D eigenvalue weighted by atomic mass is 35.5. The normalized spacial score (nSPS) is 18.8. The van der Waals surface area contributed by atoms with Gasteiger partial charge in [0, 0.05) is 25.0 Å². The largest absolute Gasteiger partial charge is 0.478 e. The van der Waals surface area contributed by atoms with Gasteiger partial charge in [0.15, 0.2) is 0 Å². The molecule has 2 N–H and O–H groups in total. The molecule has 1 fully saturated rings. The van der Waals surface area contributed by atoms with E-state index in [-0.39, 0.29) is 27.7 Å². The van der Waals surface area contributed by atoms with Crippen molar-refractivity contribution in [1.29, 1.82) is 5.26 Å². The highest BCUT2D eigenvalue weighted by Crippen LogP contribution is 2.57. The summed E-state index contributed by atoms with van der Waals surface area (Å²) in [5, 5.41) is 31.1. The lowest BCUT2D eigenvalue weighted by Gasteiger charge is -2.48. The van der Waals surface area contributed by atoms with Crippen molar-refractivity contribution in [3.63, 3.8) is 0 Å². The third-order valence-corrected chi connectivity index (χ3v) is 7.10. The molecule has 0 aromatic heterocycles. The van der Waals surface area contributed by atoms with Crippen LogP contribution in [-0.2, 0) is 19.7 Å². The fraction of sp³-hybridized carbons (Fsp3) is 0.458. The van der Waals surface area contributed by atoms with Gasteiger partial charge >= 0.3 is 11.9 Å². The SMILES string of the molecule is COCCN1C(C)=C(C(=O)O)C(c2cccc(Cl)c2C#N)(C2CCCC2)C(C(=O)O)=C1C. The quantitative estimate of drug-likeness (QED) is 0.625. The monoisotopic (exact) mass is 458 g/mol. The molecule has 7 nitrogen and oxygen atoms in total. The summed E-state index contributed by atoms with van der Waals surface area (Å²) in [7, 11) is 1.53. The van der Waals surface area contributed by atoms with Gasteiger partial charge in [-0.15, -0.1) is 0 Å². The number of hydrogen-bond acceptors (Lipinski definition) is 5. The second kappa shape index (κ2) is 9.35. The van der Waals surface area contributed by atoms with Crippen LogP contribution in [0.1, 0.15) is 50.7 Å². The molecule has 1 aliphatic heterocycles. The Morgan fingerprint density at radius 1 is 1.19 bits per heavy atom. The summed E-state index contributed by atoms with van der Waals surface area (Å²) in [6.07, 6.45) is 3.04. The first-order valence-electron chi connectivity index (χ1n) is 10.6. The maximum Gasteiger partial charge on any atom is 0.334 e. The molecule has 1 aromatic carbocycles. The van der Waals surface area contributed by atoms with Crippen molar-refractivity contribution < 1.29 is 24.5 Å². The van der Waals surface area contributed by atoms with Crippen molar-refractivity contribution in [3.8, 4) is 6.07 Å². The van der Waals surface area contributed by atoms with Gasteiger partial charge in [0.1, 0.15) is 6.07 Å². The van der Waals surface area contributed by atoms with E-state index in [4.69, 9.17) is 16.3 Å². The van der Waals surface area contributed by atoms with Crippen molar-refractivity contribution in [2.75, 3.05) is 20.3 Å². The van der Waals surface area contributed by atoms with E-state index in [0.29, 0.717) is 43.0 Å². The van der Waals surface area contributed by atoms with E-state index in [0.717, 1.165) is 12.8 Å². The van der Waals surface area contributed by atoms with E-state index in [9.17, 15) is 25.1 Å². The molecule has 1 heterocycles. The van der Waals surface area contributed by atoms with Crippen LogP contribution in [0.3, 0.4) is 0 Å². The summed E-state index contributed by atoms with van der Waals surface area (Å²) in [4.78, 5) is 27.4. The highest BCUT2D eigenvalue weighted by Gasteiger charge is 2.57. The number of rotatable bonds is 7. The van der Waals surface area contributed by atoms with Crippen LogP contribution in [0.4, 0.5) is 0 Å². The Morgan fingerprint density at radius 2 is 1.75 bits per heavy atom. The minimum atomic E-state index is -1.50.